The topological polar surface area (TPSA) is 98.1 Å². The molecule has 2 heterocycles. The third-order valence-corrected chi connectivity index (χ3v) is 4.36. The Bertz CT molecular complexity index is 662. The van der Waals surface area contributed by atoms with Gasteiger partial charge in [0, 0.05) is 24.8 Å². The van der Waals surface area contributed by atoms with E-state index in [0.717, 1.165) is 31.7 Å². The minimum absolute atomic E-state index is 0.0718. The van der Waals surface area contributed by atoms with Crippen LogP contribution in [0.4, 0.5) is 5.82 Å². The summed E-state index contributed by atoms with van der Waals surface area (Å²) in [5.41, 5.74) is 0.488. The number of hydrogen-bond acceptors (Lipinski definition) is 5. The second-order valence-electron chi connectivity index (χ2n) is 6.98. The maximum absolute atomic E-state index is 12.6. The molecule has 1 atom stereocenters. The fraction of sp³-hybridized carbons (Fsp3) is 0.579. The van der Waals surface area contributed by atoms with Gasteiger partial charge in [-0.1, -0.05) is 13.8 Å². The van der Waals surface area contributed by atoms with Gasteiger partial charge in [-0.05, 0) is 43.7 Å². The summed E-state index contributed by atoms with van der Waals surface area (Å²) in [5, 5.41) is 13.9. The molecule has 1 aliphatic rings. The first kappa shape index (κ1) is 19.7. The molecular weight excluding hydrogens is 330 g/mol. The van der Waals surface area contributed by atoms with Crippen molar-refractivity contribution >= 4 is 17.6 Å². The fourth-order valence-electron chi connectivity index (χ4n) is 3.05. The van der Waals surface area contributed by atoms with Gasteiger partial charge in [0.15, 0.2) is 0 Å². The van der Waals surface area contributed by atoms with Crippen LogP contribution < -0.4 is 15.5 Å². The maximum Gasteiger partial charge on any atom is 0.252 e. The molecule has 2 rings (SSSR count). The zero-order chi connectivity index (χ0) is 18.9. The van der Waals surface area contributed by atoms with Gasteiger partial charge >= 0.3 is 0 Å². The van der Waals surface area contributed by atoms with Crippen molar-refractivity contribution in [1.82, 2.24) is 15.6 Å². The van der Waals surface area contributed by atoms with Gasteiger partial charge in [-0.25, -0.2) is 4.98 Å². The number of pyridine rings is 1. The molecule has 0 saturated carbocycles. The van der Waals surface area contributed by atoms with Gasteiger partial charge in [0.2, 0.25) is 5.91 Å². The van der Waals surface area contributed by atoms with Crippen molar-refractivity contribution in [2.45, 2.75) is 45.6 Å². The van der Waals surface area contributed by atoms with Crippen molar-refractivity contribution < 1.29 is 9.59 Å². The fourth-order valence-corrected chi connectivity index (χ4v) is 3.05. The van der Waals surface area contributed by atoms with Crippen molar-refractivity contribution in [3.63, 3.8) is 0 Å². The molecule has 0 radical (unpaired) electrons. The van der Waals surface area contributed by atoms with E-state index in [0.29, 0.717) is 12.0 Å². The zero-order valence-corrected chi connectivity index (χ0v) is 15.5. The van der Waals surface area contributed by atoms with Gasteiger partial charge in [0.25, 0.3) is 5.91 Å². The molecule has 1 fully saturated rings. The number of amides is 2. The van der Waals surface area contributed by atoms with Crippen LogP contribution in [0.5, 0.6) is 0 Å². The molecule has 0 aromatic carbocycles. The number of hydrogen-bond donors (Lipinski definition) is 2. The molecule has 0 bridgehead atoms. The van der Waals surface area contributed by atoms with Gasteiger partial charge in [-0.3, -0.25) is 9.59 Å². The van der Waals surface area contributed by atoms with Crippen LogP contribution >= 0.6 is 0 Å². The highest BCUT2D eigenvalue weighted by atomic mass is 16.2. The third kappa shape index (κ3) is 5.73. The Morgan fingerprint density at radius 3 is 2.69 bits per heavy atom. The molecule has 1 aromatic heterocycles. The van der Waals surface area contributed by atoms with Gasteiger partial charge < -0.3 is 15.5 Å². The molecule has 0 aliphatic carbocycles. The monoisotopic (exact) mass is 357 g/mol. The number of anilines is 1. The number of carbonyl (C=O) groups excluding carboxylic acids is 2. The van der Waals surface area contributed by atoms with Crippen LogP contribution in [0.15, 0.2) is 18.3 Å². The van der Waals surface area contributed by atoms with Crippen LogP contribution in [0.2, 0.25) is 0 Å². The van der Waals surface area contributed by atoms with E-state index >= 15 is 0 Å². The van der Waals surface area contributed by atoms with E-state index in [1.807, 2.05) is 19.9 Å². The lowest BCUT2D eigenvalue weighted by molar-refractivity contribution is -0.123. The lowest BCUT2D eigenvalue weighted by atomic mass is 10.0. The van der Waals surface area contributed by atoms with Gasteiger partial charge in [0.05, 0.1) is 6.07 Å². The quantitative estimate of drug-likeness (QED) is 0.726. The minimum Gasteiger partial charge on any atom is -0.357 e. The molecule has 1 aliphatic heterocycles. The Morgan fingerprint density at radius 1 is 1.31 bits per heavy atom. The average molecular weight is 357 g/mol. The predicted octanol–water partition coefficient (Wildman–Crippen LogP) is 1.86. The van der Waals surface area contributed by atoms with Crippen LogP contribution in [-0.4, -0.2) is 42.5 Å². The number of nitrogens with zero attached hydrogens (tertiary/aromatic N) is 3. The minimum atomic E-state index is -0.664. The summed E-state index contributed by atoms with van der Waals surface area (Å²) in [5.74, 6) is 0.392. The van der Waals surface area contributed by atoms with Crippen LogP contribution in [0.25, 0.3) is 0 Å². The van der Waals surface area contributed by atoms with Gasteiger partial charge in [-0.15, -0.1) is 0 Å². The van der Waals surface area contributed by atoms with E-state index in [-0.39, 0.29) is 24.3 Å². The summed E-state index contributed by atoms with van der Waals surface area (Å²) in [6, 6.07) is 4.65. The average Bonchev–Trinajstić information content (AvgIpc) is 2.66. The molecule has 26 heavy (non-hydrogen) atoms. The molecule has 2 N–H and O–H groups in total. The first-order valence-corrected chi connectivity index (χ1v) is 9.17. The first-order valence-electron chi connectivity index (χ1n) is 9.17. The number of aromatic nitrogens is 1. The summed E-state index contributed by atoms with van der Waals surface area (Å²) in [4.78, 5) is 31.4. The Balaban J connectivity index is 2.08. The summed E-state index contributed by atoms with van der Waals surface area (Å²) in [7, 11) is 0. The highest BCUT2D eigenvalue weighted by Crippen LogP contribution is 2.18. The number of piperidine rings is 1. The van der Waals surface area contributed by atoms with Gasteiger partial charge in [-0.2, -0.15) is 5.26 Å². The highest BCUT2D eigenvalue weighted by Gasteiger charge is 2.23. The normalized spacial score (nSPS) is 15.2. The van der Waals surface area contributed by atoms with Crippen LogP contribution in [0.1, 0.15) is 49.9 Å². The zero-order valence-electron chi connectivity index (χ0n) is 15.5. The van der Waals surface area contributed by atoms with Gasteiger partial charge in [0.1, 0.15) is 18.4 Å². The second kappa shape index (κ2) is 9.76. The Hall–Kier alpha value is -2.62. The molecule has 7 nitrogen and oxygen atoms in total. The SMILES string of the molecule is CC(C)C[C@H](NC(=O)c1ccnc(N2CCCCC2)c1)C(=O)NCC#N. The van der Waals surface area contributed by atoms with E-state index in [2.05, 4.69) is 20.5 Å². The summed E-state index contributed by atoms with van der Waals surface area (Å²) < 4.78 is 0. The molecule has 140 valence electrons. The van der Waals surface area contributed by atoms with E-state index in [4.69, 9.17) is 5.26 Å². The number of nitrogens with one attached hydrogen (secondary N) is 2. The van der Waals surface area contributed by atoms with E-state index in [9.17, 15) is 9.59 Å². The Morgan fingerprint density at radius 2 is 2.04 bits per heavy atom. The number of carbonyl (C=O) groups is 2. The van der Waals surface area contributed by atoms with Crippen molar-refractivity contribution in [2.75, 3.05) is 24.5 Å². The third-order valence-electron chi connectivity index (χ3n) is 4.36. The van der Waals surface area contributed by atoms with E-state index in [1.165, 1.54) is 6.42 Å². The van der Waals surface area contributed by atoms with Crippen molar-refractivity contribution in [2.24, 2.45) is 5.92 Å². The van der Waals surface area contributed by atoms with Crippen molar-refractivity contribution in [3.05, 3.63) is 23.9 Å². The Labute approximate surface area is 154 Å². The number of nitriles is 1. The smallest absolute Gasteiger partial charge is 0.252 e. The first-order chi connectivity index (χ1) is 12.5. The lowest BCUT2D eigenvalue weighted by Gasteiger charge is -2.28. The van der Waals surface area contributed by atoms with Crippen molar-refractivity contribution in [1.29, 1.82) is 5.26 Å². The summed E-state index contributed by atoms with van der Waals surface area (Å²) >= 11 is 0. The second-order valence-corrected chi connectivity index (χ2v) is 6.98. The predicted molar refractivity (Wildman–Crippen MR) is 99.6 cm³/mol. The van der Waals surface area contributed by atoms with Crippen LogP contribution in [-0.2, 0) is 4.79 Å². The highest BCUT2D eigenvalue weighted by molar-refractivity contribution is 5.98. The molecule has 0 unspecified atom stereocenters. The number of rotatable bonds is 7. The van der Waals surface area contributed by atoms with Crippen LogP contribution in [0.3, 0.4) is 0 Å². The molecule has 0 spiro atoms. The van der Waals surface area contributed by atoms with E-state index in [1.54, 1.807) is 18.3 Å². The van der Waals surface area contributed by atoms with E-state index < -0.39 is 6.04 Å². The largest absolute Gasteiger partial charge is 0.357 e. The lowest BCUT2D eigenvalue weighted by Crippen LogP contribution is -2.47. The molecule has 2 amide bonds. The molecule has 7 heteroatoms. The summed E-state index contributed by atoms with van der Waals surface area (Å²) in [6.45, 7) is 5.79. The van der Waals surface area contributed by atoms with Crippen molar-refractivity contribution in [3.8, 4) is 6.07 Å². The molecule has 1 saturated heterocycles. The maximum atomic E-state index is 12.6. The summed E-state index contributed by atoms with van der Waals surface area (Å²) in [6.07, 6.45) is 5.63. The standard InChI is InChI=1S/C19H27N5O2/c1-14(2)12-16(19(26)22-9-7-20)23-18(25)15-6-8-21-17(13-15)24-10-4-3-5-11-24/h6,8,13-14,16H,3-5,9-12H2,1-2H3,(H,22,26)(H,23,25)/t16-/m0/s1. The Kier molecular flexibility index (Phi) is 7.39. The molecular formula is C19H27N5O2. The molecule has 1 aromatic rings. The van der Waals surface area contributed by atoms with Crippen LogP contribution in [0, 0.1) is 17.2 Å².